The number of para-hydroxylation sites is 1. The van der Waals surface area contributed by atoms with E-state index in [1.54, 1.807) is 18.5 Å². The Morgan fingerprint density at radius 2 is 1.80 bits per heavy atom. The van der Waals surface area contributed by atoms with Gasteiger partial charge in [0.25, 0.3) is 0 Å². The van der Waals surface area contributed by atoms with Crippen LogP contribution in [-0.4, -0.2) is 15.4 Å². The Bertz CT molecular complexity index is 754. The number of amides is 2. The van der Waals surface area contributed by atoms with Crippen LogP contribution in [0.1, 0.15) is 0 Å². The van der Waals surface area contributed by atoms with Crippen molar-refractivity contribution in [2.45, 2.75) is 0 Å². The molecular formula is C14H11BrN4O. The number of pyridine rings is 1. The molecule has 0 atom stereocenters. The molecule has 6 heteroatoms. The molecule has 20 heavy (non-hydrogen) atoms. The lowest BCUT2D eigenvalue weighted by Gasteiger charge is -2.08. The minimum absolute atomic E-state index is 0.285. The molecule has 2 amide bonds. The first-order valence-electron chi connectivity index (χ1n) is 5.98. The van der Waals surface area contributed by atoms with Gasteiger partial charge in [0.05, 0.1) is 11.9 Å². The molecule has 1 aromatic carbocycles. The van der Waals surface area contributed by atoms with E-state index in [2.05, 4.69) is 31.5 Å². The van der Waals surface area contributed by atoms with Gasteiger partial charge < -0.3 is 10.6 Å². The number of hydrogen-bond donors (Lipinski definition) is 2. The molecule has 0 radical (unpaired) electrons. The standard InChI is InChI=1S/C14H11BrN4O/c15-12-8-16-13-7-6-11(9-19(12)13)18-14(20)17-10-4-2-1-3-5-10/h1-9H,(H2,17,18,20). The molecule has 0 aliphatic rings. The minimum Gasteiger partial charge on any atom is -0.308 e. The fourth-order valence-electron chi connectivity index (χ4n) is 1.84. The molecular weight excluding hydrogens is 320 g/mol. The van der Waals surface area contributed by atoms with Crippen LogP contribution in [0.5, 0.6) is 0 Å². The average Bonchev–Trinajstić information content (AvgIpc) is 2.81. The second kappa shape index (κ2) is 5.34. The molecule has 0 unspecified atom stereocenters. The van der Waals surface area contributed by atoms with Gasteiger partial charge in [0, 0.05) is 11.9 Å². The van der Waals surface area contributed by atoms with Gasteiger partial charge in [-0.3, -0.25) is 4.40 Å². The first-order valence-corrected chi connectivity index (χ1v) is 6.77. The van der Waals surface area contributed by atoms with Crippen molar-refractivity contribution in [3.05, 3.63) is 59.5 Å². The van der Waals surface area contributed by atoms with Gasteiger partial charge in [-0.1, -0.05) is 18.2 Å². The number of nitrogens with one attached hydrogen (secondary N) is 2. The zero-order chi connectivity index (χ0) is 13.9. The van der Waals surface area contributed by atoms with Crippen molar-refractivity contribution in [3.63, 3.8) is 0 Å². The third-order valence-corrected chi connectivity index (χ3v) is 3.34. The summed E-state index contributed by atoms with van der Waals surface area (Å²) in [5, 5.41) is 5.54. The number of rotatable bonds is 2. The molecule has 100 valence electrons. The van der Waals surface area contributed by atoms with E-state index < -0.39 is 0 Å². The van der Waals surface area contributed by atoms with Crippen LogP contribution in [0.4, 0.5) is 16.2 Å². The van der Waals surface area contributed by atoms with Crippen molar-refractivity contribution in [1.82, 2.24) is 9.38 Å². The minimum atomic E-state index is -0.285. The van der Waals surface area contributed by atoms with E-state index in [4.69, 9.17) is 0 Å². The van der Waals surface area contributed by atoms with Gasteiger partial charge in [0.1, 0.15) is 10.3 Å². The number of carbonyl (C=O) groups excluding carboxylic acids is 1. The lowest BCUT2D eigenvalue weighted by molar-refractivity contribution is 0.262. The Morgan fingerprint density at radius 1 is 1.05 bits per heavy atom. The summed E-state index contributed by atoms with van der Waals surface area (Å²) in [5.41, 5.74) is 2.24. The molecule has 0 fully saturated rings. The monoisotopic (exact) mass is 330 g/mol. The van der Waals surface area contributed by atoms with Crippen molar-refractivity contribution < 1.29 is 4.79 Å². The fraction of sp³-hybridized carbons (Fsp3) is 0. The first-order chi connectivity index (χ1) is 9.72. The van der Waals surface area contributed by atoms with Crippen LogP contribution < -0.4 is 10.6 Å². The van der Waals surface area contributed by atoms with Crippen molar-refractivity contribution in [2.24, 2.45) is 0 Å². The third kappa shape index (κ3) is 2.65. The van der Waals surface area contributed by atoms with E-state index >= 15 is 0 Å². The maximum atomic E-state index is 11.9. The lowest BCUT2D eigenvalue weighted by atomic mass is 10.3. The number of imidazole rings is 1. The van der Waals surface area contributed by atoms with Crippen LogP contribution in [0.25, 0.3) is 5.65 Å². The Morgan fingerprint density at radius 3 is 2.60 bits per heavy atom. The quantitative estimate of drug-likeness (QED) is 0.751. The zero-order valence-corrected chi connectivity index (χ0v) is 12.0. The second-order valence-electron chi connectivity index (χ2n) is 4.17. The second-order valence-corrected chi connectivity index (χ2v) is 4.98. The van der Waals surface area contributed by atoms with Gasteiger partial charge in [-0.2, -0.15) is 0 Å². The normalized spacial score (nSPS) is 10.4. The van der Waals surface area contributed by atoms with Crippen molar-refractivity contribution >= 4 is 39.0 Å². The number of nitrogens with zero attached hydrogens (tertiary/aromatic N) is 2. The van der Waals surface area contributed by atoms with Crippen LogP contribution in [-0.2, 0) is 0 Å². The molecule has 0 bridgehead atoms. The first kappa shape index (κ1) is 12.7. The number of aromatic nitrogens is 2. The number of benzene rings is 1. The highest BCUT2D eigenvalue weighted by atomic mass is 79.9. The topological polar surface area (TPSA) is 58.4 Å². The summed E-state index contributed by atoms with van der Waals surface area (Å²) < 4.78 is 2.68. The van der Waals surface area contributed by atoms with Crippen LogP contribution in [0.15, 0.2) is 59.5 Å². The molecule has 2 heterocycles. The summed E-state index contributed by atoms with van der Waals surface area (Å²) in [7, 11) is 0. The lowest BCUT2D eigenvalue weighted by Crippen LogP contribution is -2.19. The van der Waals surface area contributed by atoms with E-state index in [1.165, 1.54) is 0 Å². The molecule has 0 aliphatic carbocycles. The number of hydrogen-bond acceptors (Lipinski definition) is 2. The number of carbonyl (C=O) groups is 1. The van der Waals surface area contributed by atoms with Gasteiger partial charge in [-0.15, -0.1) is 0 Å². The molecule has 3 rings (SSSR count). The zero-order valence-electron chi connectivity index (χ0n) is 10.4. The van der Waals surface area contributed by atoms with Gasteiger partial charge in [-0.25, -0.2) is 9.78 Å². The van der Waals surface area contributed by atoms with E-state index in [1.807, 2.05) is 40.8 Å². The molecule has 0 spiro atoms. The number of urea groups is 1. The largest absolute Gasteiger partial charge is 0.323 e. The molecule has 0 saturated carbocycles. The summed E-state index contributed by atoms with van der Waals surface area (Å²) in [4.78, 5) is 16.1. The SMILES string of the molecule is O=C(Nc1ccccc1)Nc1ccc2ncc(Br)n2c1. The van der Waals surface area contributed by atoms with Gasteiger partial charge in [-0.05, 0) is 40.2 Å². The smallest absolute Gasteiger partial charge is 0.308 e. The Kier molecular flexibility index (Phi) is 3.39. The highest BCUT2D eigenvalue weighted by molar-refractivity contribution is 9.10. The molecule has 5 nitrogen and oxygen atoms in total. The summed E-state index contributed by atoms with van der Waals surface area (Å²) in [6, 6.07) is 12.6. The van der Waals surface area contributed by atoms with Crippen LogP contribution >= 0.6 is 15.9 Å². The summed E-state index contributed by atoms with van der Waals surface area (Å²) in [6.07, 6.45) is 3.51. The number of fused-ring (bicyclic) bond motifs is 1. The highest BCUT2D eigenvalue weighted by Crippen LogP contribution is 2.17. The van der Waals surface area contributed by atoms with E-state index in [0.717, 1.165) is 15.9 Å². The van der Waals surface area contributed by atoms with Crippen molar-refractivity contribution in [1.29, 1.82) is 0 Å². The van der Waals surface area contributed by atoms with Crippen molar-refractivity contribution in [2.75, 3.05) is 10.6 Å². The van der Waals surface area contributed by atoms with Crippen LogP contribution in [0.2, 0.25) is 0 Å². The Labute approximate surface area is 123 Å². The maximum absolute atomic E-state index is 11.9. The van der Waals surface area contributed by atoms with Crippen LogP contribution in [0.3, 0.4) is 0 Å². The summed E-state index contributed by atoms with van der Waals surface area (Å²) in [5.74, 6) is 0. The maximum Gasteiger partial charge on any atom is 0.323 e. The fourth-order valence-corrected chi connectivity index (χ4v) is 2.23. The number of anilines is 2. The Hall–Kier alpha value is -2.34. The number of halogens is 1. The van der Waals surface area contributed by atoms with Crippen molar-refractivity contribution in [3.8, 4) is 0 Å². The molecule has 0 aliphatic heterocycles. The third-order valence-electron chi connectivity index (χ3n) is 2.75. The van der Waals surface area contributed by atoms with Crippen LogP contribution in [0, 0.1) is 0 Å². The average molecular weight is 331 g/mol. The van der Waals surface area contributed by atoms with Gasteiger partial charge in [0.15, 0.2) is 0 Å². The van der Waals surface area contributed by atoms with E-state index in [-0.39, 0.29) is 6.03 Å². The summed E-state index contributed by atoms with van der Waals surface area (Å²) >= 11 is 3.39. The highest BCUT2D eigenvalue weighted by Gasteiger charge is 2.05. The molecule has 2 aromatic heterocycles. The molecule has 3 aromatic rings. The van der Waals surface area contributed by atoms with Gasteiger partial charge in [0.2, 0.25) is 0 Å². The van der Waals surface area contributed by atoms with E-state index in [9.17, 15) is 4.79 Å². The van der Waals surface area contributed by atoms with E-state index in [0.29, 0.717) is 5.69 Å². The predicted octanol–water partition coefficient (Wildman–Crippen LogP) is 3.74. The summed E-state index contributed by atoms with van der Waals surface area (Å²) in [6.45, 7) is 0. The Balaban J connectivity index is 1.75. The molecule has 2 N–H and O–H groups in total. The molecule has 0 saturated heterocycles. The van der Waals surface area contributed by atoms with Gasteiger partial charge >= 0.3 is 6.03 Å². The predicted molar refractivity (Wildman–Crippen MR) is 82.0 cm³/mol.